The molecule has 0 aliphatic rings. The van der Waals surface area contributed by atoms with Gasteiger partial charge in [-0.15, -0.1) is 0 Å². The summed E-state index contributed by atoms with van der Waals surface area (Å²) in [6.07, 6.45) is 0. The van der Waals surface area contributed by atoms with E-state index in [0.717, 1.165) is 0 Å². The fourth-order valence-corrected chi connectivity index (χ4v) is 1.95. The van der Waals surface area contributed by atoms with E-state index in [9.17, 15) is 20.1 Å². The molecule has 0 amide bonds. The van der Waals surface area contributed by atoms with Crippen LogP contribution in [0.1, 0.15) is 21.5 Å². The zero-order valence-electron chi connectivity index (χ0n) is 11.3. The van der Waals surface area contributed by atoms with Gasteiger partial charge in [0.05, 0.1) is 12.8 Å². The Bertz CT molecular complexity index is 662. The highest BCUT2D eigenvalue weighted by atomic mass is 16.5. The fourth-order valence-electron chi connectivity index (χ4n) is 1.95. The summed E-state index contributed by atoms with van der Waals surface area (Å²) in [5, 5.41) is 29.7. The average molecular weight is 277 g/mol. The monoisotopic (exact) mass is 277 g/mol. The number of rotatable bonds is 2. The van der Waals surface area contributed by atoms with Gasteiger partial charge in [0, 0.05) is 11.1 Å². The number of hydrogen-bond donors (Lipinski definition) is 3. The van der Waals surface area contributed by atoms with Crippen molar-refractivity contribution >= 4 is 5.97 Å². The first kappa shape index (κ1) is 13.8. The van der Waals surface area contributed by atoms with Crippen molar-refractivity contribution in [1.82, 2.24) is 4.57 Å². The lowest BCUT2D eigenvalue weighted by Gasteiger charge is -2.10. The zero-order valence-corrected chi connectivity index (χ0v) is 11.3. The molecule has 0 bridgehead atoms. The predicted octanol–water partition coefficient (Wildman–Crippen LogP) is 2.00. The van der Waals surface area contributed by atoms with Crippen LogP contribution in [0.2, 0.25) is 0 Å². The highest BCUT2D eigenvalue weighted by Crippen LogP contribution is 2.36. The van der Waals surface area contributed by atoms with Crippen LogP contribution < -0.4 is 0 Å². The van der Waals surface area contributed by atoms with Gasteiger partial charge in [0.25, 0.3) is 0 Å². The maximum Gasteiger partial charge on any atom is 0.341 e. The van der Waals surface area contributed by atoms with Crippen LogP contribution in [0.25, 0.3) is 5.69 Å². The Hall–Kier alpha value is -2.63. The second-order valence-corrected chi connectivity index (χ2v) is 4.43. The molecule has 0 spiro atoms. The minimum Gasteiger partial charge on any atom is -0.507 e. The van der Waals surface area contributed by atoms with Gasteiger partial charge in [-0.25, -0.2) is 4.79 Å². The summed E-state index contributed by atoms with van der Waals surface area (Å²) in [5.41, 5.74) is 1.37. The lowest BCUT2D eigenvalue weighted by molar-refractivity contribution is 0.0597. The van der Waals surface area contributed by atoms with Crippen LogP contribution in [0.4, 0.5) is 0 Å². The van der Waals surface area contributed by atoms with Crippen molar-refractivity contribution in [2.45, 2.75) is 13.8 Å². The summed E-state index contributed by atoms with van der Waals surface area (Å²) in [6.45, 7) is 3.34. The molecule has 0 unspecified atom stereocenters. The highest BCUT2D eigenvalue weighted by Gasteiger charge is 2.20. The number of methoxy groups -OCH3 is 1. The minimum absolute atomic E-state index is 0.0483. The van der Waals surface area contributed by atoms with E-state index in [0.29, 0.717) is 16.8 Å². The van der Waals surface area contributed by atoms with Crippen molar-refractivity contribution in [3.8, 4) is 23.2 Å². The molecule has 0 aliphatic carbocycles. The molecule has 0 saturated heterocycles. The van der Waals surface area contributed by atoms with Gasteiger partial charge in [0.2, 0.25) is 11.8 Å². The van der Waals surface area contributed by atoms with Gasteiger partial charge >= 0.3 is 5.97 Å². The van der Waals surface area contributed by atoms with Crippen LogP contribution >= 0.6 is 0 Å². The number of phenols is 1. The fraction of sp³-hybridized carbons (Fsp3) is 0.214. The second kappa shape index (κ2) is 4.80. The van der Waals surface area contributed by atoms with Gasteiger partial charge in [0.1, 0.15) is 11.3 Å². The average Bonchev–Trinajstić information content (AvgIpc) is 2.63. The smallest absolute Gasteiger partial charge is 0.341 e. The third-order valence-corrected chi connectivity index (χ3v) is 3.30. The Morgan fingerprint density at radius 1 is 1.10 bits per heavy atom. The molecule has 0 radical (unpaired) electrons. The molecular formula is C14H15NO5. The standard InChI is InChI=1S/C14H15NO5/c1-7-8(2)13(18)15(12(7)17)9-4-5-11(16)10(6-9)14(19)20-3/h4-6,16-18H,1-3H3. The van der Waals surface area contributed by atoms with Gasteiger partial charge in [0.15, 0.2) is 0 Å². The van der Waals surface area contributed by atoms with E-state index < -0.39 is 5.97 Å². The lowest BCUT2D eigenvalue weighted by atomic mass is 10.1. The van der Waals surface area contributed by atoms with Crippen LogP contribution in [0.3, 0.4) is 0 Å². The van der Waals surface area contributed by atoms with Gasteiger partial charge in [-0.1, -0.05) is 0 Å². The van der Waals surface area contributed by atoms with Crippen molar-refractivity contribution < 1.29 is 24.9 Å². The first-order valence-corrected chi connectivity index (χ1v) is 5.90. The topological polar surface area (TPSA) is 91.9 Å². The minimum atomic E-state index is -0.705. The summed E-state index contributed by atoms with van der Waals surface area (Å²) in [4.78, 5) is 11.5. The summed E-state index contributed by atoms with van der Waals surface area (Å²) in [5.74, 6) is -1.19. The number of aromatic hydroxyl groups is 3. The van der Waals surface area contributed by atoms with E-state index in [4.69, 9.17) is 0 Å². The molecule has 6 nitrogen and oxygen atoms in total. The van der Waals surface area contributed by atoms with E-state index in [2.05, 4.69) is 4.74 Å². The number of nitrogens with zero attached hydrogens (tertiary/aromatic N) is 1. The third kappa shape index (κ3) is 1.95. The number of benzene rings is 1. The molecule has 0 fully saturated rings. The second-order valence-electron chi connectivity index (χ2n) is 4.43. The van der Waals surface area contributed by atoms with E-state index in [-0.39, 0.29) is 23.1 Å². The van der Waals surface area contributed by atoms with Crippen LogP contribution in [0.5, 0.6) is 17.5 Å². The van der Waals surface area contributed by atoms with E-state index >= 15 is 0 Å². The molecule has 6 heteroatoms. The molecule has 1 aromatic heterocycles. The predicted molar refractivity (Wildman–Crippen MR) is 71.6 cm³/mol. The van der Waals surface area contributed by atoms with E-state index in [1.54, 1.807) is 13.8 Å². The maximum atomic E-state index is 11.5. The van der Waals surface area contributed by atoms with Crippen LogP contribution in [0, 0.1) is 13.8 Å². The first-order chi connectivity index (χ1) is 9.38. The SMILES string of the molecule is COC(=O)c1cc(-n2c(O)c(C)c(C)c2O)ccc1O. The first-order valence-electron chi connectivity index (χ1n) is 5.90. The van der Waals surface area contributed by atoms with Crippen LogP contribution in [-0.2, 0) is 4.74 Å². The normalized spacial score (nSPS) is 10.6. The Balaban J connectivity index is 2.66. The number of carbonyl (C=O) groups excluding carboxylic acids is 1. The molecule has 2 aromatic rings. The van der Waals surface area contributed by atoms with Gasteiger partial charge in [-0.3, -0.25) is 4.57 Å². The number of esters is 1. The summed E-state index contributed by atoms with van der Waals surface area (Å²) in [7, 11) is 1.20. The Morgan fingerprint density at radius 2 is 1.65 bits per heavy atom. The van der Waals surface area contributed by atoms with Crippen molar-refractivity contribution in [3.63, 3.8) is 0 Å². The van der Waals surface area contributed by atoms with Crippen molar-refractivity contribution in [2.24, 2.45) is 0 Å². The number of ether oxygens (including phenoxy) is 1. The molecule has 0 saturated carbocycles. The number of carbonyl (C=O) groups is 1. The number of hydrogen-bond acceptors (Lipinski definition) is 5. The van der Waals surface area contributed by atoms with Crippen LogP contribution in [-0.4, -0.2) is 33.0 Å². The largest absolute Gasteiger partial charge is 0.507 e. The molecule has 1 aromatic carbocycles. The van der Waals surface area contributed by atoms with E-state index in [1.807, 2.05) is 0 Å². The molecule has 0 aliphatic heterocycles. The molecule has 1 heterocycles. The van der Waals surface area contributed by atoms with E-state index in [1.165, 1.54) is 29.9 Å². The van der Waals surface area contributed by atoms with Gasteiger partial charge < -0.3 is 20.1 Å². The Morgan fingerprint density at radius 3 is 2.15 bits per heavy atom. The highest BCUT2D eigenvalue weighted by molar-refractivity contribution is 5.93. The molecule has 2 rings (SSSR count). The summed E-state index contributed by atoms with van der Waals surface area (Å²) < 4.78 is 5.76. The van der Waals surface area contributed by atoms with Gasteiger partial charge in [-0.05, 0) is 32.0 Å². The zero-order chi connectivity index (χ0) is 15.0. The molecule has 106 valence electrons. The maximum absolute atomic E-state index is 11.5. The molecule has 20 heavy (non-hydrogen) atoms. The number of phenolic OH excluding ortho intramolecular Hbond substituents is 1. The van der Waals surface area contributed by atoms with Crippen LogP contribution in [0.15, 0.2) is 18.2 Å². The van der Waals surface area contributed by atoms with Gasteiger partial charge in [-0.2, -0.15) is 0 Å². The summed E-state index contributed by atoms with van der Waals surface area (Å²) >= 11 is 0. The Kier molecular flexibility index (Phi) is 3.31. The van der Waals surface area contributed by atoms with Crippen molar-refractivity contribution in [3.05, 3.63) is 34.9 Å². The Labute approximate surface area is 115 Å². The quantitative estimate of drug-likeness (QED) is 0.730. The van der Waals surface area contributed by atoms with Crippen molar-refractivity contribution in [1.29, 1.82) is 0 Å². The molecule has 3 N–H and O–H groups in total. The van der Waals surface area contributed by atoms with Crippen molar-refractivity contribution in [2.75, 3.05) is 7.11 Å². The number of aromatic nitrogens is 1. The molecule has 0 atom stereocenters. The lowest BCUT2D eigenvalue weighted by Crippen LogP contribution is -2.03. The summed E-state index contributed by atoms with van der Waals surface area (Å²) in [6, 6.07) is 4.10. The third-order valence-electron chi connectivity index (χ3n) is 3.30. The molecular weight excluding hydrogens is 262 g/mol.